The van der Waals surface area contributed by atoms with Gasteiger partial charge in [0.25, 0.3) is 11.8 Å². The molecule has 0 spiro atoms. The zero-order chi connectivity index (χ0) is 19.9. The van der Waals surface area contributed by atoms with E-state index >= 15 is 0 Å². The Morgan fingerprint density at radius 2 is 1.89 bits per heavy atom. The number of primary amides is 1. The quantitative estimate of drug-likeness (QED) is 0.792. The van der Waals surface area contributed by atoms with Gasteiger partial charge < -0.3 is 11.1 Å². The van der Waals surface area contributed by atoms with Gasteiger partial charge in [0, 0.05) is 10.4 Å². The van der Waals surface area contributed by atoms with Crippen molar-refractivity contribution in [2.75, 3.05) is 5.32 Å². The van der Waals surface area contributed by atoms with Gasteiger partial charge in [-0.3, -0.25) is 9.59 Å². The standard InChI is InChI=1S/C22H28N2O2S/c1-12-6-7-14(10-13(12)2)20(26)24-21-18(19(23)25)16-9-8-15(22(3,4)5)11-17(16)27-21/h6-7,10,15H,8-9,11H2,1-5H3,(H2,23,25)(H,24,26)/t15-/m1/s1. The van der Waals surface area contributed by atoms with Crippen LogP contribution < -0.4 is 11.1 Å². The molecular weight excluding hydrogens is 356 g/mol. The Hall–Kier alpha value is -2.14. The predicted molar refractivity (Wildman–Crippen MR) is 112 cm³/mol. The van der Waals surface area contributed by atoms with E-state index in [0.29, 0.717) is 22.0 Å². The molecule has 4 nitrogen and oxygen atoms in total. The van der Waals surface area contributed by atoms with Crippen molar-refractivity contribution >= 4 is 28.2 Å². The summed E-state index contributed by atoms with van der Waals surface area (Å²) in [6.07, 6.45) is 2.81. The number of benzene rings is 1. The van der Waals surface area contributed by atoms with E-state index in [1.807, 2.05) is 32.0 Å². The van der Waals surface area contributed by atoms with Gasteiger partial charge >= 0.3 is 0 Å². The number of aryl methyl sites for hydroxylation is 2. The smallest absolute Gasteiger partial charge is 0.256 e. The lowest BCUT2D eigenvalue weighted by atomic mass is 9.72. The molecule has 1 atom stereocenters. The molecule has 27 heavy (non-hydrogen) atoms. The Kier molecular flexibility index (Phi) is 5.17. The highest BCUT2D eigenvalue weighted by atomic mass is 32.1. The van der Waals surface area contributed by atoms with Crippen LogP contribution in [0.25, 0.3) is 0 Å². The first-order valence-electron chi connectivity index (χ1n) is 9.41. The molecule has 3 N–H and O–H groups in total. The van der Waals surface area contributed by atoms with E-state index < -0.39 is 5.91 Å². The number of fused-ring (bicyclic) bond motifs is 1. The van der Waals surface area contributed by atoms with Crippen LogP contribution in [-0.4, -0.2) is 11.8 Å². The molecule has 1 heterocycles. The normalized spacial score (nSPS) is 16.7. The summed E-state index contributed by atoms with van der Waals surface area (Å²) in [6, 6.07) is 5.62. The second kappa shape index (κ2) is 7.12. The van der Waals surface area contributed by atoms with Crippen molar-refractivity contribution in [2.24, 2.45) is 17.1 Å². The third-order valence-electron chi connectivity index (χ3n) is 5.73. The van der Waals surface area contributed by atoms with Gasteiger partial charge in [-0.15, -0.1) is 11.3 Å². The molecule has 1 aliphatic rings. The van der Waals surface area contributed by atoms with E-state index in [0.717, 1.165) is 36.0 Å². The number of nitrogens with two attached hydrogens (primary N) is 1. The Balaban J connectivity index is 1.92. The van der Waals surface area contributed by atoms with Crippen LogP contribution in [0.15, 0.2) is 18.2 Å². The lowest BCUT2D eigenvalue weighted by Crippen LogP contribution is -2.27. The maximum atomic E-state index is 12.7. The monoisotopic (exact) mass is 384 g/mol. The molecule has 0 unspecified atom stereocenters. The average molecular weight is 385 g/mol. The average Bonchev–Trinajstić information content (AvgIpc) is 2.93. The Labute approximate surface area is 165 Å². The van der Waals surface area contributed by atoms with E-state index in [4.69, 9.17) is 5.73 Å². The van der Waals surface area contributed by atoms with Crippen molar-refractivity contribution in [2.45, 2.75) is 53.9 Å². The van der Waals surface area contributed by atoms with Crippen LogP contribution in [-0.2, 0) is 12.8 Å². The van der Waals surface area contributed by atoms with Gasteiger partial charge in [0.15, 0.2) is 0 Å². The summed E-state index contributed by atoms with van der Waals surface area (Å²) in [5.74, 6) is -0.101. The molecule has 144 valence electrons. The van der Waals surface area contributed by atoms with E-state index in [1.54, 1.807) is 0 Å². The molecule has 0 bridgehead atoms. The lowest BCUT2D eigenvalue weighted by Gasteiger charge is -2.33. The summed E-state index contributed by atoms with van der Waals surface area (Å²) in [6.45, 7) is 10.8. The molecule has 0 aliphatic heterocycles. The van der Waals surface area contributed by atoms with Crippen LogP contribution in [0, 0.1) is 25.2 Å². The minimum Gasteiger partial charge on any atom is -0.365 e. The number of hydrogen-bond donors (Lipinski definition) is 2. The molecule has 1 aliphatic carbocycles. The van der Waals surface area contributed by atoms with Crippen molar-refractivity contribution in [3.8, 4) is 0 Å². The van der Waals surface area contributed by atoms with Gasteiger partial charge in [-0.25, -0.2) is 0 Å². The molecule has 0 radical (unpaired) electrons. The summed E-state index contributed by atoms with van der Waals surface area (Å²) in [4.78, 5) is 26.0. The fraction of sp³-hybridized carbons (Fsp3) is 0.455. The highest BCUT2D eigenvalue weighted by molar-refractivity contribution is 7.17. The highest BCUT2D eigenvalue weighted by Gasteiger charge is 2.33. The van der Waals surface area contributed by atoms with Crippen LogP contribution in [0.1, 0.15) is 69.5 Å². The topological polar surface area (TPSA) is 72.2 Å². The fourth-order valence-electron chi connectivity index (χ4n) is 3.73. The molecule has 2 aromatic rings. The van der Waals surface area contributed by atoms with Gasteiger partial charge in [-0.05, 0) is 73.3 Å². The number of hydrogen-bond acceptors (Lipinski definition) is 3. The van der Waals surface area contributed by atoms with E-state index in [2.05, 4.69) is 26.1 Å². The molecule has 0 saturated carbocycles. The number of nitrogens with one attached hydrogen (secondary N) is 1. The zero-order valence-electron chi connectivity index (χ0n) is 16.7. The summed E-state index contributed by atoms with van der Waals surface area (Å²) >= 11 is 1.51. The second-order valence-corrected chi connectivity index (χ2v) is 9.74. The number of amides is 2. The van der Waals surface area contributed by atoms with E-state index in [1.165, 1.54) is 16.2 Å². The van der Waals surface area contributed by atoms with Crippen LogP contribution in [0.4, 0.5) is 5.00 Å². The Morgan fingerprint density at radius 1 is 1.19 bits per heavy atom. The minimum atomic E-state index is -0.461. The summed E-state index contributed by atoms with van der Waals surface area (Å²) in [7, 11) is 0. The molecule has 2 amide bonds. The van der Waals surface area contributed by atoms with Crippen LogP contribution in [0.5, 0.6) is 0 Å². The molecule has 0 fully saturated rings. The third kappa shape index (κ3) is 3.93. The van der Waals surface area contributed by atoms with Crippen molar-refractivity contribution in [3.63, 3.8) is 0 Å². The van der Waals surface area contributed by atoms with E-state index in [-0.39, 0.29) is 11.3 Å². The summed E-state index contributed by atoms with van der Waals surface area (Å²) in [5, 5.41) is 3.53. The molecule has 1 aromatic heterocycles. The first-order valence-corrected chi connectivity index (χ1v) is 10.2. The SMILES string of the molecule is Cc1ccc(C(=O)Nc2sc3c(c2C(N)=O)CC[C@@H](C(C)(C)C)C3)cc1C. The lowest BCUT2D eigenvalue weighted by molar-refractivity contribution is 0.1000. The van der Waals surface area contributed by atoms with Gasteiger partial charge in [0.05, 0.1) is 5.56 Å². The molecule has 5 heteroatoms. The van der Waals surface area contributed by atoms with Crippen LogP contribution in [0.3, 0.4) is 0 Å². The number of thiophene rings is 1. The predicted octanol–water partition coefficient (Wildman–Crippen LogP) is 4.87. The van der Waals surface area contributed by atoms with E-state index in [9.17, 15) is 9.59 Å². The van der Waals surface area contributed by atoms with Crippen molar-refractivity contribution in [1.82, 2.24) is 0 Å². The summed E-state index contributed by atoms with van der Waals surface area (Å²) < 4.78 is 0. The number of carbonyl (C=O) groups is 2. The Morgan fingerprint density at radius 3 is 2.48 bits per heavy atom. The fourth-order valence-corrected chi connectivity index (χ4v) is 5.06. The van der Waals surface area contributed by atoms with Gasteiger partial charge in [-0.2, -0.15) is 0 Å². The number of anilines is 1. The van der Waals surface area contributed by atoms with Crippen molar-refractivity contribution < 1.29 is 9.59 Å². The van der Waals surface area contributed by atoms with Gasteiger partial charge in [0.1, 0.15) is 5.00 Å². The van der Waals surface area contributed by atoms with Crippen molar-refractivity contribution in [3.05, 3.63) is 50.9 Å². The largest absolute Gasteiger partial charge is 0.365 e. The van der Waals surface area contributed by atoms with Gasteiger partial charge in [0.2, 0.25) is 0 Å². The molecule has 1 aromatic carbocycles. The van der Waals surface area contributed by atoms with Crippen molar-refractivity contribution in [1.29, 1.82) is 0 Å². The molecular formula is C22H28N2O2S. The zero-order valence-corrected chi connectivity index (χ0v) is 17.5. The van der Waals surface area contributed by atoms with Crippen LogP contribution in [0.2, 0.25) is 0 Å². The third-order valence-corrected chi connectivity index (χ3v) is 6.90. The molecule has 3 rings (SSSR count). The first kappa shape index (κ1) is 19.6. The van der Waals surface area contributed by atoms with Gasteiger partial charge in [-0.1, -0.05) is 26.8 Å². The van der Waals surface area contributed by atoms with Crippen LogP contribution >= 0.6 is 11.3 Å². The first-order chi connectivity index (χ1) is 12.6. The minimum absolute atomic E-state index is 0.202. The second-order valence-electron chi connectivity index (χ2n) is 8.63. The maximum Gasteiger partial charge on any atom is 0.256 e. The number of carbonyl (C=O) groups excluding carboxylic acids is 2. The maximum absolute atomic E-state index is 12.7. The molecule has 0 saturated heterocycles. The Bertz CT molecular complexity index is 906. The summed E-state index contributed by atoms with van der Waals surface area (Å²) in [5.41, 5.74) is 10.2. The number of rotatable bonds is 3. The highest BCUT2D eigenvalue weighted by Crippen LogP contribution is 2.44.